The second-order valence-electron chi connectivity index (χ2n) is 2.89. The fourth-order valence-corrected chi connectivity index (χ4v) is 0.803. The van der Waals surface area contributed by atoms with Gasteiger partial charge in [-0.15, -0.1) is 0 Å². The average Bonchev–Trinajstić information content (AvgIpc) is 2.12. The van der Waals surface area contributed by atoms with Gasteiger partial charge in [-0.3, -0.25) is 21.0 Å². The van der Waals surface area contributed by atoms with Crippen LogP contribution < -0.4 is 0 Å². The maximum Gasteiger partial charge on any atom is -0.0471 e. The van der Waals surface area contributed by atoms with Crippen molar-refractivity contribution in [2.45, 2.75) is 46.5 Å². The molecule has 0 bridgehead atoms. The molecule has 0 saturated carbocycles. The minimum Gasteiger partial charge on any atom is -0.255 e. The van der Waals surface area contributed by atoms with Crippen LogP contribution >= 0.6 is 0 Å². The molecule has 0 fully saturated rings. The molecule has 4 nitrogen and oxygen atoms in total. The van der Waals surface area contributed by atoms with Gasteiger partial charge in [-0.2, -0.15) is 0 Å². The molecule has 0 aliphatic rings. The average molecular weight is 182 g/mol. The van der Waals surface area contributed by atoms with Gasteiger partial charge in [0.15, 0.2) is 0 Å². The monoisotopic (exact) mass is 182 g/mol. The van der Waals surface area contributed by atoms with Gasteiger partial charge in [0, 0.05) is 0 Å². The summed E-state index contributed by atoms with van der Waals surface area (Å²) >= 11 is 0. The van der Waals surface area contributed by atoms with Crippen LogP contribution in [0.25, 0.3) is 0 Å². The fraction of sp³-hybridized carbons (Fsp3) is 1.00. The normalized spacial score (nSPS) is 8.00. The van der Waals surface area contributed by atoms with Crippen molar-refractivity contribution in [3.63, 3.8) is 0 Å². The predicted molar refractivity (Wildman–Crippen MR) is 49.5 cm³/mol. The number of hydrogen-bond donors (Lipinski definition) is 4. The predicted octanol–water partition coefficient (Wildman–Crippen LogP) is 3.26. The molecule has 0 rings (SSSR count). The van der Waals surface area contributed by atoms with E-state index in [1.165, 1.54) is 25.7 Å². The van der Waals surface area contributed by atoms with Crippen molar-refractivity contribution in [3.05, 3.63) is 0 Å². The van der Waals surface area contributed by atoms with Crippen LogP contribution in [0.2, 0.25) is 0 Å². The van der Waals surface area contributed by atoms with Crippen LogP contribution in [-0.2, 0) is 0 Å². The summed E-state index contributed by atoms with van der Waals surface area (Å²) in [7, 11) is 0. The molecule has 12 heavy (non-hydrogen) atoms. The molecule has 0 heterocycles. The Morgan fingerprint density at radius 2 is 1.33 bits per heavy atom. The van der Waals surface area contributed by atoms with E-state index >= 15 is 0 Å². The van der Waals surface area contributed by atoms with Gasteiger partial charge in [0.25, 0.3) is 0 Å². The van der Waals surface area contributed by atoms with Crippen molar-refractivity contribution >= 4 is 0 Å². The molecule has 0 aliphatic heterocycles. The second-order valence-corrected chi connectivity index (χ2v) is 2.89. The lowest BCUT2D eigenvalue weighted by Gasteiger charge is -2.00. The maximum atomic E-state index is 6.00. The van der Waals surface area contributed by atoms with Gasteiger partial charge in [0.1, 0.15) is 0 Å². The molecule has 4 N–H and O–H groups in total. The zero-order valence-corrected chi connectivity index (χ0v) is 8.19. The lowest BCUT2D eigenvalue weighted by Crippen LogP contribution is -1.85. The Morgan fingerprint density at radius 1 is 0.917 bits per heavy atom. The summed E-state index contributed by atoms with van der Waals surface area (Å²) in [5.74, 6) is 0.904. The van der Waals surface area contributed by atoms with E-state index < -0.39 is 0 Å². The summed E-state index contributed by atoms with van der Waals surface area (Å²) in [4.78, 5) is 0. The molecule has 78 valence electrons. The first-order valence-corrected chi connectivity index (χ1v) is 4.17. The summed E-state index contributed by atoms with van der Waals surface area (Å²) in [6.45, 7) is 6.83. The van der Waals surface area contributed by atoms with Gasteiger partial charge in [-0.1, -0.05) is 46.5 Å². The molecular weight excluding hydrogens is 160 g/mol. The van der Waals surface area contributed by atoms with Gasteiger partial charge in [0.05, 0.1) is 0 Å². The first kappa shape index (κ1) is 17.8. The Morgan fingerprint density at radius 3 is 1.58 bits per heavy atom. The molecule has 0 aromatic carbocycles. The molecule has 0 unspecified atom stereocenters. The summed E-state index contributed by atoms with van der Waals surface area (Å²) in [5.41, 5.74) is 0. The molecule has 0 aromatic rings. The highest BCUT2D eigenvalue weighted by Gasteiger charge is 1.90. The summed E-state index contributed by atoms with van der Waals surface area (Å²) < 4.78 is 0. The van der Waals surface area contributed by atoms with Crippen molar-refractivity contribution in [1.29, 1.82) is 0 Å². The van der Waals surface area contributed by atoms with Crippen LogP contribution in [0.1, 0.15) is 46.5 Å². The second kappa shape index (κ2) is 22.4. The Bertz CT molecular complexity index is 48.3. The molecule has 0 aliphatic carbocycles. The van der Waals surface area contributed by atoms with Gasteiger partial charge in [-0.05, 0) is 5.92 Å². The fourth-order valence-electron chi connectivity index (χ4n) is 0.803. The van der Waals surface area contributed by atoms with E-state index in [1.54, 1.807) is 0 Å². The smallest absolute Gasteiger partial charge is 0.0471 e. The third kappa shape index (κ3) is 32.8. The van der Waals surface area contributed by atoms with E-state index in [9.17, 15) is 0 Å². The molecule has 0 aromatic heterocycles. The lowest BCUT2D eigenvalue weighted by atomic mass is 10.1. The third-order valence-electron chi connectivity index (χ3n) is 1.39. The quantitative estimate of drug-likeness (QED) is 0.305. The molecular formula is C8H22O4. The first-order chi connectivity index (χ1) is 5.77. The minimum atomic E-state index is 0.904. The highest BCUT2D eigenvalue weighted by Crippen LogP contribution is 2.06. The Balaban J connectivity index is -0.000000175. The van der Waals surface area contributed by atoms with E-state index in [2.05, 4.69) is 20.8 Å². The molecule has 0 spiro atoms. The van der Waals surface area contributed by atoms with Gasteiger partial charge >= 0.3 is 0 Å². The van der Waals surface area contributed by atoms with E-state index in [0.717, 1.165) is 5.92 Å². The largest absolute Gasteiger partial charge is 0.255 e. The van der Waals surface area contributed by atoms with E-state index in [0.29, 0.717) is 0 Å². The van der Waals surface area contributed by atoms with Crippen LogP contribution in [0.3, 0.4) is 0 Å². The number of unbranched alkanes of at least 4 members (excludes halogenated alkanes) is 2. The topological polar surface area (TPSA) is 80.9 Å². The van der Waals surface area contributed by atoms with Crippen LogP contribution in [-0.4, -0.2) is 21.0 Å². The van der Waals surface area contributed by atoms with E-state index in [1.807, 2.05) is 0 Å². The molecule has 0 atom stereocenters. The van der Waals surface area contributed by atoms with Crippen LogP contribution in [0.4, 0.5) is 0 Å². The summed E-state index contributed by atoms with van der Waals surface area (Å²) in [5, 5.41) is 24.0. The Kier molecular flexibility index (Phi) is 33.3. The standard InChI is InChI=1S/C8H18.2H2O2/c1-4-5-6-7-8(2)3;2*1-2/h8H,4-7H2,1-3H3;2*1-2H. The van der Waals surface area contributed by atoms with Gasteiger partial charge in [-0.25, -0.2) is 0 Å². The van der Waals surface area contributed by atoms with Crippen molar-refractivity contribution in [1.82, 2.24) is 0 Å². The summed E-state index contributed by atoms with van der Waals surface area (Å²) in [6, 6.07) is 0. The number of rotatable bonds is 4. The zero-order chi connectivity index (χ0) is 10.4. The molecule has 0 saturated heterocycles. The minimum absolute atomic E-state index is 0.904. The van der Waals surface area contributed by atoms with Crippen molar-refractivity contribution in [2.24, 2.45) is 5.92 Å². The van der Waals surface area contributed by atoms with Crippen LogP contribution in [0.15, 0.2) is 0 Å². The molecule has 0 amide bonds. The van der Waals surface area contributed by atoms with Crippen molar-refractivity contribution in [3.8, 4) is 0 Å². The SMILES string of the molecule is CCCCCC(C)C.OO.OO. The van der Waals surface area contributed by atoms with Gasteiger partial charge in [0.2, 0.25) is 0 Å². The summed E-state index contributed by atoms with van der Waals surface area (Å²) in [6.07, 6.45) is 5.60. The maximum absolute atomic E-state index is 6.00. The van der Waals surface area contributed by atoms with E-state index in [-0.39, 0.29) is 0 Å². The number of hydrogen-bond acceptors (Lipinski definition) is 4. The first-order valence-electron chi connectivity index (χ1n) is 4.17. The third-order valence-corrected chi connectivity index (χ3v) is 1.39. The van der Waals surface area contributed by atoms with Crippen LogP contribution in [0.5, 0.6) is 0 Å². The molecule has 0 radical (unpaired) electrons. The zero-order valence-electron chi connectivity index (χ0n) is 8.19. The Labute approximate surface area is 74.3 Å². The van der Waals surface area contributed by atoms with Gasteiger partial charge < -0.3 is 0 Å². The van der Waals surface area contributed by atoms with Crippen LogP contribution in [0, 0.1) is 5.92 Å². The van der Waals surface area contributed by atoms with Crippen molar-refractivity contribution in [2.75, 3.05) is 0 Å². The lowest BCUT2D eigenvalue weighted by molar-refractivity contribution is -0.176. The van der Waals surface area contributed by atoms with E-state index in [4.69, 9.17) is 21.0 Å². The highest BCUT2D eigenvalue weighted by molar-refractivity contribution is 4.44. The highest BCUT2D eigenvalue weighted by atomic mass is 17.0. The Hall–Kier alpha value is -0.160. The molecule has 4 heteroatoms. The van der Waals surface area contributed by atoms with Crippen molar-refractivity contribution < 1.29 is 21.0 Å².